The van der Waals surface area contributed by atoms with Gasteiger partial charge in [-0.3, -0.25) is 0 Å². The molecule has 0 bridgehead atoms. The van der Waals surface area contributed by atoms with Crippen molar-refractivity contribution in [2.75, 3.05) is 37.4 Å². The Kier molecular flexibility index (Phi) is 6.31. The molecular weight excluding hydrogens is 434 g/mol. The average molecular weight is 462 g/mol. The van der Waals surface area contributed by atoms with Crippen molar-refractivity contribution >= 4 is 27.4 Å². The lowest BCUT2D eigenvalue weighted by molar-refractivity contribution is 0.0729. The maximum absolute atomic E-state index is 13.4. The molecule has 1 aliphatic carbocycles. The van der Waals surface area contributed by atoms with E-state index in [1.165, 1.54) is 0 Å². The van der Waals surface area contributed by atoms with Crippen LogP contribution in [-0.4, -0.2) is 61.1 Å². The Hall–Kier alpha value is -2.76. The number of nitrogens with one attached hydrogen (secondary N) is 2. The monoisotopic (exact) mass is 461 g/mol. The molecule has 10 nitrogen and oxygen atoms in total. The molecule has 0 radical (unpaired) electrons. The van der Waals surface area contributed by atoms with Gasteiger partial charge in [-0.2, -0.15) is 0 Å². The second kappa shape index (κ2) is 9.00. The molecule has 172 valence electrons. The van der Waals surface area contributed by atoms with E-state index in [0.717, 1.165) is 0 Å². The molecule has 1 aliphatic heterocycles. The SMILES string of the molecule is Nc1cc(C2(S(=O)(=O)C3CC3)CCOCC2)nc(-c2ccc(NC(=O)NCCO)cc2)n1. The van der Waals surface area contributed by atoms with Gasteiger partial charge in [-0.1, -0.05) is 0 Å². The Balaban J connectivity index is 1.64. The van der Waals surface area contributed by atoms with Crippen molar-refractivity contribution in [1.82, 2.24) is 15.3 Å². The normalized spacial score (nSPS) is 18.2. The zero-order chi connectivity index (χ0) is 22.8. The first-order valence-electron chi connectivity index (χ1n) is 10.6. The van der Waals surface area contributed by atoms with Crippen molar-refractivity contribution in [2.45, 2.75) is 35.7 Å². The topological polar surface area (TPSA) is 157 Å². The van der Waals surface area contributed by atoms with E-state index >= 15 is 0 Å². The molecule has 0 unspecified atom stereocenters. The fourth-order valence-corrected chi connectivity index (χ4v) is 6.49. The Labute approximate surface area is 186 Å². The summed E-state index contributed by atoms with van der Waals surface area (Å²) in [4.78, 5) is 20.7. The van der Waals surface area contributed by atoms with E-state index in [1.54, 1.807) is 30.3 Å². The predicted molar refractivity (Wildman–Crippen MR) is 120 cm³/mol. The Bertz CT molecular complexity index is 1080. The zero-order valence-electron chi connectivity index (χ0n) is 17.6. The van der Waals surface area contributed by atoms with Crippen LogP contribution in [-0.2, 0) is 19.3 Å². The Morgan fingerprint density at radius 1 is 1.19 bits per heavy atom. The molecule has 1 aromatic heterocycles. The highest BCUT2D eigenvalue weighted by atomic mass is 32.2. The van der Waals surface area contributed by atoms with Crippen molar-refractivity contribution < 1.29 is 23.1 Å². The third-order valence-corrected chi connectivity index (χ3v) is 8.88. The number of aliphatic hydroxyl groups excluding tert-OH is 1. The van der Waals surface area contributed by atoms with E-state index in [4.69, 9.17) is 15.6 Å². The number of rotatable bonds is 7. The number of aromatic nitrogens is 2. The average Bonchev–Trinajstić information content (AvgIpc) is 3.64. The van der Waals surface area contributed by atoms with E-state index in [-0.39, 0.29) is 24.2 Å². The number of benzene rings is 1. The molecule has 2 fully saturated rings. The number of hydrogen-bond donors (Lipinski definition) is 4. The van der Waals surface area contributed by atoms with Crippen LogP contribution in [0.5, 0.6) is 0 Å². The molecular formula is C21H27N5O5S. The number of hydrogen-bond acceptors (Lipinski definition) is 8. The van der Waals surface area contributed by atoms with Crippen molar-refractivity contribution in [3.63, 3.8) is 0 Å². The maximum Gasteiger partial charge on any atom is 0.319 e. The number of carbonyl (C=O) groups is 1. The molecule has 1 saturated heterocycles. The number of urea groups is 1. The minimum Gasteiger partial charge on any atom is -0.395 e. The molecule has 11 heteroatoms. The molecule has 1 aromatic carbocycles. The standard InChI is InChI=1S/C21H27N5O5S/c22-18-13-17(21(7-11-31-12-8-21)32(29,30)16-5-6-16)25-19(26-18)14-1-3-15(4-2-14)24-20(28)23-9-10-27/h1-4,13,16,27H,5-12H2,(H2,22,25,26)(H2,23,24,28). The van der Waals surface area contributed by atoms with Gasteiger partial charge in [-0.05, 0) is 49.9 Å². The smallest absolute Gasteiger partial charge is 0.319 e. The van der Waals surface area contributed by atoms with Gasteiger partial charge in [-0.15, -0.1) is 0 Å². The molecule has 5 N–H and O–H groups in total. The van der Waals surface area contributed by atoms with E-state index in [0.29, 0.717) is 61.7 Å². The van der Waals surface area contributed by atoms with Gasteiger partial charge in [-0.25, -0.2) is 23.2 Å². The third kappa shape index (κ3) is 4.41. The predicted octanol–water partition coefficient (Wildman–Crippen LogP) is 1.42. The number of nitrogen functional groups attached to an aromatic ring is 1. The van der Waals surface area contributed by atoms with Crippen molar-refractivity contribution in [1.29, 1.82) is 0 Å². The third-order valence-electron chi connectivity index (χ3n) is 5.82. The number of carbonyl (C=O) groups excluding carboxylic acids is 1. The summed E-state index contributed by atoms with van der Waals surface area (Å²) in [5.74, 6) is 0.528. The first-order valence-corrected chi connectivity index (χ1v) is 12.1. The molecule has 2 amide bonds. The summed E-state index contributed by atoms with van der Waals surface area (Å²) in [7, 11) is -3.45. The van der Waals surface area contributed by atoms with Crippen molar-refractivity contribution in [2.24, 2.45) is 0 Å². The molecule has 0 atom stereocenters. The second-order valence-corrected chi connectivity index (χ2v) is 10.6. The van der Waals surface area contributed by atoms with Gasteiger partial charge in [0, 0.05) is 37.1 Å². The summed E-state index contributed by atoms with van der Waals surface area (Å²) < 4.78 is 31.2. The number of nitrogens with two attached hydrogens (primary N) is 1. The number of ether oxygens (including phenoxy) is 1. The van der Waals surface area contributed by atoms with Gasteiger partial charge >= 0.3 is 6.03 Å². The summed E-state index contributed by atoms with van der Waals surface area (Å²) in [5.41, 5.74) is 7.69. The Morgan fingerprint density at radius 2 is 1.88 bits per heavy atom. The molecule has 0 spiro atoms. The largest absolute Gasteiger partial charge is 0.395 e. The van der Waals surface area contributed by atoms with Crippen molar-refractivity contribution in [3.05, 3.63) is 36.0 Å². The number of aliphatic hydroxyl groups is 1. The van der Waals surface area contributed by atoms with Gasteiger partial charge in [0.1, 0.15) is 10.6 Å². The minimum absolute atomic E-state index is 0.147. The quantitative estimate of drug-likeness (QED) is 0.482. The van der Waals surface area contributed by atoms with Crippen LogP contribution in [0.25, 0.3) is 11.4 Å². The minimum atomic E-state index is -3.45. The summed E-state index contributed by atoms with van der Waals surface area (Å²) in [6, 6.07) is 7.96. The van der Waals surface area contributed by atoms with Crippen LogP contribution >= 0.6 is 0 Å². The Morgan fingerprint density at radius 3 is 2.50 bits per heavy atom. The fourth-order valence-electron chi connectivity index (χ4n) is 3.96. The first kappa shape index (κ1) is 22.4. The first-order chi connectivity index (χ1) is 15.4. The summed E-state index contributed by atoms with van der Waals surface area (Å²) in [6.07, 6.45) is 2.04. The van der Waals surface area contributed by atoms with Gasteiger partial charge < -0.3 is 26.2 Å². The molecule has 2 aliphatic rings. The van der Waals surface area contributed by atoms with Crippen molar-refractivity contribution in [3.8, 4) is 11.4 Å². The summed E-state index contributed by atoms with van der Waals surface area (Å²) in [5, 5.41) is 13.6. The van der Waals surface area contributed by atoms with Crippen LogP contribution in [0.3, 0.4) is 0 Å². The maximum atomic E-state index is 13.4. The van der Waals surface area contributed by atoms with E-state index in [9.17, 15) is 13.2 Å². The van der Waals surface area contributed by atoms with Gasteiger partial charge in [0.25, 0.3) is 0 Å². The second-order valence-electron chi connectivity index (χ2n) is 8.03. The number of anilines is 2. The lowest BCUT2D eigenvalue weighted by Crippen LogP contribution is -2.44. The number of sulfone groups is 1. The molecule has 2 aromatic rings. The van der Waals surface area contributed by atoms with Gasteiger partial charge in [0.05, 0.1) is 17.6 Å². The highest BCUT2D eigenvalue weighted by molar-refractivity contribution is 7.93. The molecule has 32 heavy (non-hydrogen) atoms. The van der Waals surface area contributed by atoms with Crippen LogP contribution in [0.15, 0.2) is 30.3 Å². The van der Waals surface area contributed by atoms with Crippen LogP contribution < -0.4 is 16.4 Å². The highest BCUT2D eigenvalue weighted by Gasteiger charge is 2.54. The number of amides is 2. The van der Waals surface area contributed by atoms with Crippen LogP contribution in [0.2, 0.25) is 0 Å². The molecule has 2 heterocycles. The van der Waals surface area contributed by atoms with Gasteiger partial charge in [0.2, 0.25) is 0 Å². The van der Waals surface area contributed by atoms with E-state index in [1.807, 2.05) is 0 Å². The molecule has 1 saturated carbocycles. The van der Waals surface area contributed by atoms with Crippen LogP contribution in [0.4, 0.5) is 16.3 Å². The zero-order valence-corrected chi connectivity index (χ0v) is 18.4. The summed E-state index contributed by atoms with van der Waals surface area (Å²) in [6.45, 7) is 0.708. The van der Waals surface area contributed by atoms with Crippen LogP contribution in [0, 0.1) is 0 Å². The summed E-state index contributed by atoms with van der Waals surface area (Å²) >= 11 is 0. The van der Waals surface area contributed by atoms with E-state index in [2.05, 4.69) is 20.6 Å². The fraction of sp³-hybridized carbons (Fsp3) is 0.476. The lowest BCUT2D eigenvalue weighted by atomic mass is 9.94. The lowest BCUT2D eigenvalue weighted by Gasteiger charge is -2.36. The van der Waals surface area contributed by atoms with Gasteiger partial charge in [0.15, 0.2) is 15.7 Å². The number of nitrogens with zero attached hydrogens (tertiary/aromatic N) is 2. The highest BCUT2D eigenvalue weighted by Crippen LogP contribution is 2.47. The van der Waals surface area contributed by atoms with Crippen LogP contribution in [0.1, 0.15) is 31.4 Å². The molecule has 4 rings (SSSR count). The van der Waals surface area contributed by atoms with E-state index < -0.39 is 20.6 Å².